The van der Waals surface area contributed by atoms with E-state index >= 15 is 0 Å². The van der Waals surface area contributed by atoms with Gasteiger partial charge in [-0.15, -0.1) is 0 Å². The van der Waals surface area contributed by atoms with Gasteiger partial charge in [0.1, 0.15) is 23.5 Å². The molecule has 1 aliphatic rings. The standard InChI is InChI=1S/C15H11BrN2O/c1-15(2)13(10-3-5-12(16)6-4-10)7-14(19-15)11(8-17)9-18/h3-7H,1-2H3. The molecule has 1 aromatic carbocycles. The van der Waals surface area contributed by atoms with Crippen LogP contribution in [0.25, 0.3) is 5.57 Å². The van der Waals surface area contributed by atoms with Crippen molar-refractivity contribution < 1.29 is 4.74 Å². The van der Waals surface area contributed by atoms with Crippen LogP contribution in [-0.2, 0) is 4.74 Å². The van der Waals surface area contributed by atoms with E-state index < -0.39 is 5.60 Å². The summed E-state index contributed by atoms with van der Waals surface area (Å²) in [6.07, 6.45) is 1.77. The van der Waals surface area contributed by atoms with Crippen LogP contribution in [0.5, 0.6) is 0 Å². The van der Waals surface area contributed by atoms with Crippen molar-refractivity contribution in [3.63, 3.8) is 0 Å². The minimum atomic E-state index is -0.553. The maximum absolute atomic E-state index is 8.90. The molecule has 3 nitrogen and oxygen atoms in total. The molecule has 1 heterocycles. The Balaban J connectivity index is 2.53. The minimum Gasteiger partial charge on any atom is -0.481 e. The number of nitrogens with zero attached hydrogens (tertiary/aromatic N) is 2. The second-order valence-electron chi connectivity index (χ2n) is 4.64. The molecular formula is C15H11BrN2O. The summed E-state index contributed by atoms with van der Waals surface area (Å²) in [7, 11) is 0. The van der Waals surface area contributed by atoms with Crippen molar-refractivity contribution in [2.24, 2.45) is 0 Å². The summed E-state index contributed by atoms with van der Waals surface area (Å²) in [4.78, 5) is 0. The number of hydrogen-bond donors (Lipinski definition) is 0. The van der Waals surface area contributed by atoms with Crippen LogP contribution in [-0.4, -0.2) is 5.60 Å². The van der Waals surface area contributed by atoms with Gasteiger partial charge >= 0.3 is 0 Å². The van der Waals surface area contributed by atoms with E-state index in [-0.39, 0.29) is 5.57 Å². The second kappa shape index (κ2) is 4.91. The summed E-state index contributed by atoms with van der Waals surface area (Å²) in [5.41, 5.74) is 1.42. The predicted molar refractivity (Wildman–Crippen MR) is 75.5 cm³/mol. The van der Waals surface area contributed by atoms with E-state index in [4.69, 9.17) is 15.3 Å². The molecule has 0 fully saturated rings. The van der Waals surface area contributed by atoms with Gasteiger partial charge in [0.25, 0.3) is 0 Å². The van der Waals surface area contributed by atoms with Crippen molar-refractivity contribution >= 4 is 21.5 Å². The molecule has 0 bridgehead atoms. The normalized spacial score (nSPS) is 16.1. The summed E-state index contributed by atoms with van der Waals surface area (Å²) in [5.74, 6) is 0.341. The molecule has 0 saturated heterocycles. The van der Waals surface area contributed by atoms with Crippen molar-refractivity contribution in [3.8, 4) is 12.1 Å². The highest BCUT2D eigenvalue weighted by molar-refractivity contribution is 9.10. The molecule has 0 aromatic heterocycles. The number of nitriles is 2. The minimum absolute atomic E-state index is 0.000173. The summed E-state index contributed by atoms with van der Waals surface area (Å²) in [6.45, 7) is 3.83. The Morgan fingerprint density at radius 1 is 1.16 bits per heavy atom. The lowest BCUT2D eigenvalue weighted by molar-refractivity contribution is 0.110. The van der Waals surface area contributed by atoms with Crippen LogP contribution in [0.15, 0.2) is 46.1 Å². The zero-order valence-corrected chi connectivity index (χ0v) is 12.2. The zero-order valence-electron chi connectivity index (χ0n) is 10.6. The summed E-state index contributed by atoms with van der Waals surface area (Å²) in [6, 6.07) is 11.6. The van der Waals surface area contributed by atoms with E-state index in [1.54, 1.807) is 6.08 Å². The summed E-state index contributed by atoms with van der Waals surface area (Å²) in [5, 5.41) is 17.8. The van der Waals surface area contributed by atoms with Gasteiger partial charge in [0, 0.05) is 10.0 Å². The summed E-state index contributed by atoms with van der Waals surface area (Å²) < 4.78 is 6.72. The SMILES string of the molecule is CC1(C)OC(=C(C#N)C#N)C=C1c1ccc(Br)cc1. The fourth-order valence-corrected chi connectivity index (χ4v) is 2.25. The Morgan fingerprint density at radius 2 is 1.74 bits per heavy atom. The Bertz CT molecular complexity index is 639. The van der Waals surface area contributed by atoms with Crippen LogP contribution in [0.3, 0.4) is 0 Å². The average Bonchev–Trinajstić information content (AvgIpc) is 2.68. The molecule has 0 N–H and O–H groups in total. The molecule has 94 valence electrons. The quantitative estimate of drug-likeness (QED) is 0.738. The summed E-state index contributed by atoms with van der Waals surface area (Å²) >= 11 is 3.39. The Morgan fingerprint density at radius 3 is 2.26 bits per heavy atom. The molecule has 0 unspecified atom stereocenters. The van der Waals surface area contributed by atoms with Gasteiger partial charge in [-0.2, -0.15) is 10.5 Å². The van der Waals surface area contributed by atoms with Crippen LogP contribution in [0.1, 0.15) is 19.4 Å². The Kier molecular flexibility index (Phi) is 3.46. The Hall–Kier alpha value is -2.04. The molecule has 0 amide bonds. The van der Waals surface area contributed by atoms with E-state index in [2.05, 4.69) is 15.9 Å². The largest absolute Gasteiger partial charge is 0.481 e. The van der Waals surface area contributed by atoms with Gasteiger partial charge in [-0.05, 0) is 37.6 Å². The highest BCUT2D eigenvalue weighted by atomic mass is 79.9. The number of rotatable bonds is 1. The van der Waals surface area contributed by atoms with Crippen LogP contribution in [0.4, 0.5) is 0 Å². The van der Waals surface area contributed by atoms with Crippen LogP contribution in [0.2, 0.25) is 0 Å². The first-order valence-corrected chi connectivity index (χ1v) is 6.49. The third-order valence-corrected chi connectivity index (χ3v) is 3.44. The first-order chi connectivity index (χ1) is 8.97. The highest BCUT2D eigenvalue weighted by Gasteiger charge is 2.34. The monoisotopic (exact) mass is 314 g/mol. The first-order valence-electron chi connectivity index (χ1n) is 5.69. The number of halogens is 1. The molecule has 1 aromatic rings. The van der Waals surface area contributed by atoms with E-state index in [1.165, 1.54) is 0 Å². The maximum Gasteiger partial charge on any atom is 0.171 e. The second-order valence-corrected chi connectivity index (χ2v) is 5.56. The highest BCUT2D eigenvalue weighted by Crippen LogP contribution is 2.40. The third-order valence-electron chi connectivity index (χ3n) is 2.91. The first kappa shape index (κ1) is 13.4. The van der Waals surface area contributed by atoms with Crippen LogP contribution >= 0.6 is 15.9 Å². The van der Waals surface area contributed by atoms with Crippen LogP contribution in [0, 0.1) is 22.7 Å². The topological polar surface area (TPSA) is 56.8 Å². The van der Waals surface area contributed by atoms with Crippen LogP contribution < -0.4 is 0 Å². The van der Waals surface area contributed by atoms with Crippen molar-refractivity contribution in [1.29, 1.82) is 10.5 Å². The lowest BCUT2D eigenvalue weighted by Gasteiger charge is -2.23. The lowest BCUT2D eigenvalue weighted by Crippen LogP contribution is -2.20. The fraction of sp³-hybridized carbons (Fsp3) is 0.200. The molecule has 0 spiro atoms. The Labute approximate surface area is 120 Å². The molecule has 2 rings (SSSR count). The number of ether oxygens (including phenoxy) is 1. The van der Waals surface area contributed by atoms with Gasteiger partial charge in [-0.25, -0.2) is 0 Å². The smallest absolute Gasteiger partial charge is 0.171 e. The molecule has 0 radical (unpaired) electrons. The average molecular weight is 315 g/mol. The molecule has 19 heavy (non-hydrogen) atoms. The van der Waals surface area contributed by atoms with E-state index in [0.29, 0.717) is 5.76 Å². The van der Waals surface area contributed by atoms with Gasteiger partial charge < -0.3 is 4.74 Å². The van der Waals surface area contributed by atoms with E-state index in [1.807, 2.05) is 50.3 Å². The molecule has 1 aliphatic heterocycles. The number of hydrogen-bond acceptors (Lipinski definition) is 3. The molecular weight excluding hydrogens is 304 g/mol. The van der Waals surface area contributed by atoms with E-state index in [9.17, 15) is 0 Å². The zero-order chi connectivity index (χ0) is 14.0. The molecule has 4 heteroatoms. The van der Waals surface area contributed by atoms with Gasteiger partial charge in [0.05, 0.1) is 0 Å². The predicted octanol–water partition coefficient (Wildman–Crippen LogP) is 3.94. The van der Waals surface area contributed by atoms with Gasteiger partial charge in [-0.1, -0.05) is 28.1 Å². The maximum atomic E-state index is 8.90. The number of allylic oxidation sites excluding steroid dienone is 2. The lowest BCUT2D eigenvalue weighted by atomic mass is 9.92. The van der Waals surface area contributed by atoms with Gasteiger partial charge in [-0.3, -0.25) is 0 Å². The molecule has 0 aliphatic carbocycles. The van der Waals surface area contributed by atoms with E-state index in [0.717, 1.165) is 15.6 Å². The fourth-order valence-electron chi connectivity index (χ4n) is 1.98. The van der Waals surface area contributed by atoms with Gasteiger partial charge in [0.15, 0.2) is 5.57 Å². The number of benzene rings is 1. The van der Waals surface area contributed by atoms with Crippen molar-refractivity contribution in [1.82, 2.24) is 0 Å². The third kappa shape index (κ3) is 2.54. The van der Waals surface area contributed by atoms with Crippen molar-refractivity contribution in [3.05, 3.63) is 51.7 Å². The molecule has 0 atom stereocenters. The van der Waals surface area contributed by atoms with Gasteiger partial charge in [0.2, 0.25) is 0 Å². The van der Waals surface area contributed by atoms with Crippen molar-refractivity contribution in [2.45, 2.75) is 19.4 Å². The van der Waals surface area contributed by atoms with Crippen molar-refractivity contribution in [2.75, 3.05) is 0 Å². The molecule has 0 saturated carbocycles.